The quantitative estimate of drug-likeness (QED) is 0.595. The molecule has 0 radical (unpaired) electrons. The van der Waals surface area contributed by atoms with Gasteiger partial charge in [0.2, 0.25) is 0 Å². The van der Waals surface area contributed by atoms with Crippen LogP contribution in [-0.2, 0) is 0 Å². The second kappa shape index (κ2) is 6.91. The standard InChI is InChI=1S/C9H8N2.C7H7NO2/c10-9-3-1-2-7-6-11-5-4-8(7)9;9-7(10)8-6-4-2-1-3-5-6/h1-6H,10H2;1-5,8H,(H,9,10). The van der Waals surface area contributed by atoms with E-state index >= 15 is 0 Å². The van der Waals surface area contributed by atoms with Gasteiger partial charge in [-0.2, -0.15) is 0 Å². The molecule has 4 N–H and O–H groups in total. The number of nitrogen functional groups attached to an aromatic ring is 1. The van der Waals surface area contributed by atoms with Crippen molar-refractivity contribution in [3.8, 4) is 0 Å². The highest BCUT2D eigenvalue weighted by atomic mass is 16.4. The van der Waals surface area contributed by atoms with Crippen LogP contribution in [-0.4, -0.2) is 16.2 Å². The van der Waals surface area contributed by atoms with Gasteiger partial charge in [-0.1, -0.05) is 30.3 Å². The molecule has 0 aliphatic carbocycles. The molecule has 0 unspecified atom stereocenters. The summed E-state index contributed by atoms with van der Waals surface area (Å²) in [5.41, 5.74) is 7.13. The molecular weight excluding hydrogens is 266 g/mol. The Labute approximate surface area is 122 Å². The van der Waals surface area contributed by atoms with Crippen molar-refractivity contribution < 1.29 is 9.90 Å². The molecule has 0 saturated heterocycles. The third-order valence-electron chi connectivity index (χ3n) is 2.74. The molecule has 0 atom stereocenters. The Hall–Kier alpha value is -3.08. The molecule has 0 aliphatic rings. The maximum atomic E-state index is 10.1. The number of hydrogen-bond acceptors (Lipinski definition) is 3. The number of anilines is 2. The molecule has 0 fully saturated rings. The normalized spacial score (nSPS) is 9.52. The number of nitrogens with one attached hydrogen (secondary N) is 1. The maximum absolute atomic E-state index is 10.1. The lowest BCUT2D eigenvalue weighted by Crippen LogP contribution is -2.06. The van der Waals surface area contributed by atoms with E-state index in [1.165, 1.54) is 0 Å². The summed E-state index contributed by atoms with van der Waals surface area (Å²) in [5, 5.41) is 12.6. The number of benzene rings is 2. The van der Waals surface area contributed by atoms with Crippen molar-refractivity contribution in [1.82, 2.24) is 4.98 Å². The molecule has 106 valence electrons. The Kier molecular flexibility index (Phi) is 4.71. The van der Waals surface area contributed by atoms with Crippen molar-refractivity contribution >= 4 is 28.2 Å². The van der Waals surface area contributed by atoms with E-state index in [1.807, 2.05) is 36.5 Å². The number of hydrogen-bond donors (Lipinski definition) is 3. The summed E-state index contributed by atoms with van der Waals surface area (Å²) in [6.45, 7) is 0. The largest absolute Gasteiger partial charge is 0.465 e. The van der Waals surface area contributed by atoms with Crippen molar-refractivity contribution in [1.29, 1.82) is 0 Å². The summed E-state index contributed by atoms with van der Waals surface area (Å²) in [7, 11) is 0. The predicted molar refractivity (Wildman–Crippen MR) is 84.2 cm³/mol. The van der Waals surface area contributed by atoms with E-state index in [9.17, 15) is 4.79 Å². The molecule has 1 amide bonds. The zero-order valence-corrected chi connectivity index (χ0v) is 11.2. The molecule has 5 heteroatoms. The summed E-state index contributed by atoms with van der Waals surface area (Å²) in [6.07, 6.45) is 2.52. The molecule has 21 heavy (non-hydrogen) atoms. The average Bonchev–Trinajstić information content (AvgIpc) is 2.49. The number of pyridine rings is 1. The van der Waals surface area contributed by atoms with Crippen molar-refractivity contribution in [3.05, 3.63) is 67.0 Å². The highest BCUT2D eigenvalue weighted by Gasteiger charge is 1.94. The van der Waals surface area contributed by atoms with Crippen molar-refractivity contribution in [2.75, 3.05) is 11.1 Å². The van der Waals surface area contributed by atoms with Crippen molar-refractivity contribution in [3.63, 3.8) is 0 Å². The van der Waals surface area contributed by atoms with E-state index in [4.69, 9.17) is 10.8 Å². The van der Waals surface area contributed by atoms with Crippen LogP contribution in [0.4, 0.5) is 16.2 Å². The van der Waals surface area contributed by atoms with Gasteiger partial charge in [0.1, 0.15) is 0 Å². The number of aromatic nitrogens is 1. The van der Waals surface area contributed by atoms with Gasteiger partial charge in [0, 0.05) is 34.5 Å². The number of fused-ring (bicyclic) bond motifs is 1. The fraction of sp³-hybridized carbons (Fsp3) is 0. The van der Waals surface area contributed by atoms with Gasteiger partial charge in [-0.3, -0.25) is 10.3 Å². The molecule has 0 saturated carbocycles. The summed E-state index contributed by atoms with van der Waals surface area (Å²) in [6, 6.07) is 16.5. The fourth-order valence-corrected chi connectivity index (χ4v) is 1.79. The fourth-order valence-electron chi connectivity index (χ4n) is 1.79. The Balaban J connectivity index is 0.000000155. The molecule has 0 spiro atoms. The van der Waals surface area contributed by atoms with Crippen LogP contribution < -0.4 is 11.1 Å². The van der Waals surface area contributed by atoms with Gasteiger partial charge in [0.15, 0.2) is 0 Å². The second-order valence-corrected chi connectivity index (χ2v) is 4.24. The molecule has 5 nitrogen and oxygen atoms in total. The van der Waals surface area contributed by atoms with Gasteiger partial charge in [0.25, 0.3) is 0 Å². The zero-order valence-electron chi connectivity index (χ0n) is 11.2. The molecule has 3 aromatic rings. The smallest absolute Gasteiger partial charge is 0.409 e. The van der Waals surface area contributed by atoms with Crippen LogP contribution in [0.3, 0.4) is 0 Å². The lowest BCUT2D eigenvalue weighted by Gasteiger charge is -1.98. The highest BCUT2D eigenvalue weighted by molar-refractivity contribution is 5.91. The highest BCUT2D eigenvalue weighted by Crippen LogP contribution is 2.18. The van der Waals surface area contributed by atoms with E-state index in [0.29, 0.717) is 5.69 Å². The number of nitrogens with zero attached hydrogens (tertiary/aromatic N) is 1. The van der Waals surface area contributed by atoms with Crippen molar-refractivity contribution in [2.45, 2.75) is 0 Å². The third-order valence-corrected chi connectivity index (χ3v) is 2.74. The summed E-state index contributed by atoms with van der Waals surface area (Å²) >= 11 is 0. The number of nitrogens with two attached hydrogens (primary N) is 1. The molecule has 1 aromatic heterocycles. The van der Waals surface area contributed by atoms with Crippen LogP contribution in [0.2, 0.25) is 0 Å². The Morgan fingerprint density at radius 2 is 1.81 bits per heavy atom. The van der Waals surface area contributed by atoms with Crippen LogP contribution in [0.5, 0.6) is 0 Å². The Morgan fingerprint density at radius 3 is 2.48 bits per heavy atom. The molecule has 1 heterocycles. The number of para-hydroxylation sites is 1. The first-order valence-corrected chi connectivity index (χ1v) is 6.30. The Bertz CT molecular complexity index is 724. The van der Waals surface area contributed by atoms with E-state index in [1.54, 1.807) is 30.5 Å². The number of carbonyl (C=O) groups is 1. The van der Waals surface area contributed by atoms with E-state index in [2.05, 4.69) is 10.3 Å². The molecule has 3 rings (SSSR count). The first kappa shape index (κ1) is 14.3. The van der Waals surface area contributed by atoms with Gasteiger partial charge in [-0.15, -0.1) is 0 Å². The molecular formula is C16H15N3O2. The number of amides is 1. The van der Waals surface area contributed by atoms with Crippen LogP contribution in [0.25, 0.3) is 10.8 Å². The first-order chi connectivity index (χ1) is 10.2. The van der Waals surface area contributed by atoms with Gasteiger partial charge < -0.3 is 10.8 Å². The van der Waals surface area contributed by atoms with E-state index in [0.717, 1.165) is 16.5 Å². The predicted octanol–water partition coefficient (Wildman–Crippen LogP) is 3.59. The average molecular weight is 281 g/mol. The zero-order chi connectivity index (χ0) is 15.1. The topological polar surface area (TPSA) is 88.2 Å². The van der Waals surface area contributed by atoms with Gasteiger partial charge in [-0.25, -0.2) is 4.79 Å². The van der Waals surface area contributed by atoms with Crippen molar-refractivity contribution in [2.24, 2.45) is 0 Å². The molecule has 0 bridgehead atoms. The maximum Gasteiger partial charge on any atom is 0.409 e. The number of carboxylic acid groups (broad SMARTS) is 1. The summed E-state index contributed by atoms with van der Waals surface area (Å²) in [4.78, 5) is 14.1. The van der Waals surface area contributed by atoms with E-state index < -0.39 is 6.09 Å². The van der Waals surface area contributed by atoms with Crippen LogP contribution >= 0.6 is 0 Å². The SMILES string of the molecule is Nc1cccc2cnccc12.O=C(O)Nc1ccccc1. The Morgan fingerprint density at radius 1 is 1.05 bits per heavy atom. The van der Waals surface area contributed by atoms with E-state index in [-0.39, 0.29) is 0 Å². The van der Waals surface area contributed by atoms with Crippen LogP contribution in [0.15, 0.2) is 67.0 Å². The summed E-state index contributed by atoms with van der Waals surface area (Å²) < 4.78 is 0. The minimum atomic E-state index is -1.04. The third kappa shape index (κ3) is 4.21. The number of rotatable bonds is 1. The van der Waals surface area contributed by atoms with Crippen LogP contribution in [0.1, 0.15) is 0 Å². The minimum Gasteiger partial charge on any atom is -0.465 e. The lowest BCUT2D eigenvalue weighted by molar-refractivity contribution is 0.210. The van der Waals surface area contributed by atoms with Gasteiger partial charge in [0.05, 0.1) is 0 Å². The first-order valence-electron chi connectivity index (χ1n) is 6.30. The van der Waals surface area contributed by atoms with Gasteiger partial charge >= 0.3 is 6.09 Å². The molecule has 2 aromatic carbocycles. The molecule has 0 aliphatic heterocycles. The summed E-state index contributed by atoms with van der Waals surface area (Å²) in [5.74, 6) is 0. The second-order valence-electron chi connectivity index (χ2n) is 4.24. The van der Waals surface area contributed by atoms with Crippen LogP contribution in [0, 0.1) is 0 Å². The lowest BCUT2D eigenvalue weighted by atomic mass is 10.1. The van der Waals surface area contributed by atoms with Gasteiger partial charge in [-0.05, 0) is 24.3 Å². The minimum absolute atomic E-state index is 0.593. The monoisotopic (exact) mass is 281 g/mol.